The number of carbonyl (C=O) groups is 1. The van der Waals surface area contributed by atoms with Gasteiger partial charge in [-0.2, -0.15) is 0 Å². The van der Waals surface area contributed by atoms with Gasteiger partial charge in [0, 0.05) is 28.4 Å². The van der Waals surface area contributed by atoms with Crippen molar-refractivity contribution < 1.29 is 24.2 Å². The summed E-state index contributed by atoms with van der Waals surface area (Å²) >= 11 is 0. The Morgan fingerprint density at radius 1 is 1.12 bits per heavy atom. The van der Waals surface area contributed by atoms with Crippen LogP contribution in [0.15, 0.2) is 53.3 Å². The number of phenols is 2. The summed E-state index contributed by atoms with van der Waals surface area (Å²) in [7, 11) is 0. The van der Waals surface area contributed by atoms with E-state index < -0.39 is 5.41 Å². The van der Waals surface area contributed by atoms with Crippen molar-refractivity contribution in [2.24, 2.45) is 0 Å². The molecule has 124 valence electrons. The molecule has 1 unspecified atom stereocenters. The molecule has 0 saturated carbocycles. The van der Waals surface area contributed by atoms with Crippen LogP contribution in [-0.4, -0.2) is 22.7 Å². The van der Waals surface area contributed by atoms with Gasteiger partial charge < -0.3 is 24.7 Å². The van der Waals surface area contributed by atoms with Gasteiger partial charge in [0.25, 0.3) is 0 Å². The first-order valence-electron chi connectivity index (χ1n) is 7.78. The molecule has 1 spiro atoms. The number of amides is 1. The Balaban J connectivity index is 1.83. The molecule has 5 rings (SSSR count). The smallest absolute Gasteiger partial charge is 0.243 e. The molecule has 6 nitrogen and oxygen atoms in total. The van der Waals surface area contributed by atoms with E-state index in [0.29, 0.717) is 17.0 Å². The number of benzene rings is 2. The van der Waals surface area contributed by atoms with Crippen molar-refractivity contribution in [3.8, 4) is 28.4 Å². The molecule has 0 radical (unpaired) electrons. The van der Waals surface area contributed by atoms with E-state index in [1.807, 2.05) is 24.3 Å². The van der Waals surface area contributed by atoms with Crippen molar-refractivity contribution in [1.82, 2.24) is 0 Å². The van der Waals surface area contributed by atoms with Crippen LogP contribution in [0.5, 0.6) is 17.2 Å². The van der Waals surface area contributed by atoms with Crippen LogP contribution in [0.3, 0.4) is 0 Å². The lowest BCUT2D eigenvalue weighted by Gasteiger charge is -2.22. The van der Waals surface area contributed by atoms with Crippen molar-refractivity contribution in [2.75, 3.05) is 11.9 Å². The number of carbonyl (C=O) groups excluding carboxylic acids is 1. The van der Waals surface area contributed by atoms with Gasteiger partial charge in [-0.3, -0.25) is 4.79 Å². The fourth-order valence-electron chi connectivity index (χ4n) is 3.79. The molecule has 2 aliphatic rings. The molecule has 3 N–H and O–H groups in total. The molecule has 6 heteroatoms. The first kappa shape index (κ1) is 14.0. The predicted molar refractivity (Wildman–Crippen MR) is 88.8 cm³/mol. The standard InChI is InChI=1S/C19H13NO5/c21-14-6-12-16(7-15(14)22)25-9-19(12)17-11(10-4-5-24-8-10)2-1-3-13(17)20-18(19)23/h1-8,21-22H,9H2,(H,20,23). The summed E-state index contributed by atoms with van der Waals surface area (Å²) in [5, 5.41) is 22.6. The summed E-state index contributed by atoms with van der Waals surface area (Å²) in [4.78, 5) is 13.0. The minimum absolute atomic E-state index is 0.0962. The Kier molecular flexibility index (Phi) is 2.55. The molecule has 2 aliphatic heterocycles. The number of hydrogen-bond donors (Lipinski definition) is 3. The Morgan fingerprint density at radius 3 is 2.76 bits per heavy atom. The van der Waals surface area contributed by atoms with Crippen molar-refractivity contribution in [3.05, 3.63) is 60.1 Å². The zero-order valence-electron chi connectivity index (χ0n) is 12.9. The first-order chi connectivity index (χ1) is 12.1. The van der Waals surface area contributed by atoms with E-state index in [1.54, 1.807) is 12.5 Å². The Morgan fingerprint density at radius 2 is 1.96 bits per heavy atom. The summed E-state index contributed by atoms with van der Waals surface area (Å²) in [5.41, 5.74) is 2.65. The van der Waals surface area contributed by atoms with Crippen LogP contribution in [0.4, 0.5) is 5.69 Å². The van der Waals surface area contributed by atoms with Gasteiger partial charge in [0.2, 0.25) is 5.91 Å². The molecule has 3 heterocycles. The van der Waals surface area contributed by atoms with E-state index in [4.69, 9.17) is 9.15 Å². The van der Waals surface area contributed by atoms with E-state index in [0.717, 1.165) is 16.7 Å². The van der Waals surface area contributed by atoms with Crippen LogP contribution in [-0.2, 0) is 10.2 Å². The Labute approximate surface area is 142 Å². The summed E-state index contributed by atoms with van der Waals surface area (Å²) in [6, 6.07) is 10.2. The lowest BCUT2D eigenvalue weighted by Crippen LogP contribution is -2.37. The van der Waals surface area contributed by atoms with Crippen LogP contribution in [0.25, 0.3) is 11.1 Å². The van der Waals surface area contributed by atoms with Gasteiger partial charge in [-0.15, -0.1) is 0 Å². The second kappa shape index (κ2) is 4.57. The van der Waals surface area contributed by atoms with Crippen molar-refractivity contribution in [1.29, 1.82) is 0 Å². The molecule has 25 heavy (non-hydrogen) atoms. The number of fused-ring (bicyclic) bond motifs is 4. The highest BCUT2D eigenvalue weighted by molar-refractivity contribution is 6.12. The molecule has 0 fully saturated rings. The first-order valence-corrected chi connectivity index (χ1v) is 7.78. The van der Waals surface area contributed by atoms with E-state index in [9.17, 15) is 15.0 Å². The Hall–Kier alpha value is -3.41. The topological polar surface area (TPSA) is 91.9 Å². The third kappa shape index (κ3) is 1.65. The summed E-state index contributed by atoms with van der Waals surface area (Å²) in [6.07, 6.45) is 3.20. The van der Waals surface area contributed by atoms with Gasteiger partial charge in [0.15, 0.2) is 11.5 Å². The second-order valence-corrected chi connectivity index (χ2v) is 6.23. The van der Waals surface area contributed by atoms with E-state index in [1.165, 1.54) is 12.1 Å². The minimum Gasteiger partial charge on any atom is -0.504 e. The highest BCUT2D eigenvalue weighted by Crippen LogP contribution is 2.54. The van der Waals surface area contributed by atoms with Crippen LogP contribution < -0.4 is 10.1 Å². The molecule has 0 bridgehead atoms. The molecular formula is C19H13NO5. The molecule has 1 amide bonds. The fourth-order valence-corrected chi connectivity index (χ4v) is 3.79. The highest BCUT2D eigenvalue weighted by Gasteiger charge is 2.55. The summed E-state index contributed by atoms with van der Waals surface area (Å²) in [5.74, 6) is -0.397. The quantitative estimate of drug-likeness (QED) is 0.595. The molecule has 2 aromatic carbocycles. The highest BCUT2D eigenvalue weighted by atomic mass is 16.5. The summed E-state index contributed by atoms with van der Waals surface area (Å²) < 4.78 is 10.9. The molecular weight excluding hydrogens is 322 g/mol. The van der Waals surface area contributed by atoms with E-state index in [-0.39, 0.29) is 24.0 Å². The molecule has 0 saturated heterocycles. The number of nitrogens with one attached hydrogen (secondary N) is 1. The van der Waals surface area contributed by atoms with Gasteiger partial charge in [-0.1, -0.05) is 12.1 Å². The number of ether oxygens (including phenoxy) is 1. The van der Waals surface area contributed by atoms with Gasteiger partial charge in [0.05, 0.1) is 12.5 Å². The lowest BCUT2D eigenvalue weighted by atomic mass is 9.74. The van der Waals surface area contributed by atoms with Crippen LogP contribution >= 0.6 is 0 Å². The maximum absolute atomic E-state index is 13.0. The number of phenolic OH excluding ortho intramolecular Hbond substituents is 2. The SMILES string of the molecule is O=C1Nc2cccc(-c3ccoc3)c2C12COc1cc(O)c(O)cc12. The monoisotopic (exact) mass is 335 g/mol. The third-order valence-corrected chi connectivity index (χ3v) is 4.94. The van der Waals surface area contributed by atoms with Gasteiger partial charge in [0.1, 0.15) is 17.8 Å². The number of anilines is 1. The average Bonchev–Trinajstić information content (AvgIpc) is 3.30. The van der Waals surface area contributed by atoms with Crippen LogP contribution in [0.1, 0.15) is 11.1 Å². The van der Waals surface area contributed by atoms with Crippen LogP contribution in [0, 0.1) is 0 Å². The van der Waals surface area contributed by atoms with Crippen molar-refractivity contribution in [3.63, 3.8) is 0 Å². The number of furan rings is 1. The van der Waals surface area contributed by atoms with Gasteiger partial charge in [-0.05, 0) is 23.8 Å². The Bertz CT molecular complexity index is 1020. The molecule has 1 atom stereocenters. The fraction of sp³-hybridized carbons (Fsp3) is 0.105. The lowest BCUT2D eigenvalue weighted by molar-refractivity contribution is -0.119. The van der Waals surface area contributed by atoms with Crippen molar-refractivity contribution >= 4 is 11.6 Å². The normalized spacial score (nSPS) is 20.2. The number of rotatable bonds is 1. The molecule has 1 aromatic heterocycles. The van der Waals surface area contributed by atoms with E-state index in [2.05, 4.69) is 5.32 Å². The molecule has 3 aromatic rings. The predicted octanol–water partition coefficient (Wildman–Crippen LogP) is 2.99. The largest absolute Gasteiger partial charge is 0.504 e. The van der Waals surface area contributed by atoms with E-state index >= 15 is 0 Å². The van der Waals surface area contributed by atoms with Crippen LogP contribution in [0.2, 0.25) is 0 Å². The van der Waals surface area contributed by atoms with Gasteiger partial charge >= 0.3 is 0 Å². The average molecular weight is 335 g/mol. The minimum atomic E-state index is -1.08. The van der Waals surface area contributed by atoms with Crippen molar-refractivity contribution in [2.45, 2.75) is 5.41 Å². The number of aromatic hydroxyl groups is 2. The zero-order chi connectivity index (χ0) is 17.2. The maximum Gasteiger partial charge on any atom is 0.243 e. The zero-order valence-corrected chi connectivity index (χ0v) is 12.9. The van der Waals surface area contributed by atoms with Gasteiger partial charge in [-0.25, -0.2) is 0 Å². The number of hydrogen-bond acceptors (Lipinski definition) is 5. The maximum atomic E-state index is 13.0. The molecule has 0 aliphatic carbocycles. The third-order valence-electron chi connectivity index (χ3n) is 4.94. The summed E-state index contributed by atoms with van der Waals surface area (Å²) in [6.45, 7) is 0.0962. The second-order valence-electron chi connectivity index (χ2n) is 6.23.